The Labute approximate surface area is 108 Å². The minimum absolute atomic E-state index is 0.0846. The Kier molecular flexibility index (Phi) is 5.41. The molecule has 0 saturated heterocycles. The molecular formula is C12H16F3NO3. The lowest BCUT2D eigenvalue weighted by Gasteiger charge is -2.06. The van der Waals surface area contributed by atoms with Crippen LogP contribution in [0.3, 0.4) is 0 Å². The fraction of sp³-hybridized carbons (Fsp3) is 0.583. The molecule has 0 radical (unpaired) electrons. The Balaban J connectivity index is 2.24. The molecule has 19 heavy (non-hydrogen) atoms. The first-order valence-electron chi connectivity index (χ1n) is 5.89. The van der Waals surface area contributed by atoms with Crippen molar-refractivity contribution in [3.8, 4) is 0 Å². The van der Waals surface area contributed by atoms with Crippen LogP contribution in [0.1, 0.15) is 41.1 Å². The van der Waals surface area contributed by atoms with Gasteiger partial charge in [-0.05, 0) is 32.4 Å². The van der Waals surface area contributed by atoms with Gasteiger partial charge in [0.05, 0.1) is 0 Å². The molecular weight excluding hydrogens is 263 g/mol. The Morgan fingerprint density at radius 2 is 2.11 bits per heavy atom. The van der Waals surface area contributed by atoms with Crippen LogP contribution in [0, 0.1) is 6.92 Å². The molecule has 0 aliphatic rings. The number of furan rings is 1. The van der Waals surface area contributed by atoms with Crippen LogP contribution in [0.15, 0.2) is 10.5 Å². The first-order chi connectivity index (χ1) is 8.79. The first-order valence-corrected chi connectivity index (χ1v) is 5.89. The lowest BCUT2D eigenvalue weighted by atomic mass is 10.2. The highest BCUT2D eigenvalue weighted by Gasteiger charge is 2.25. The van der Waals surface area contributed by atoms with Crippen molar-refractivity contribution >= 4 is 5.97 Å². The van der Waals surface area contributed by atoms with Gasteiger partial charge in [0.1, 0.15) is 5.76 Å². The molecule has 7 heteroatoms. The van der Waals surface area contributed by atoms with Gasteiger partial charge in [-0.3, -0.25) is 0 Å². The van der Waals surface area contributed by atoms with Gasteiger partial charge in [0.2, 0.25) is 5.76 Å². The van der Waals surface area contributed by atoms with E-state index in [-0.39, 0.29) is 12.2 Å². The van der Waals surface area contributed by atoms with Crippen molar-refractivity contribution < 1.29 is 27.5 Å². The number of aryl methyl sites for hydroxylation is 1. The number of halogens is 3. The highest BCUT2D eigenvalue weighted by Crippen LogP contribution is 2.21. The lowest BCUT2D eigenvalue weighted by Crippen LogP contribution is -2.16. The second kappa shape index (κ2) is 6.60. The standard InChI is InChI=1S/C12H16F3NO3/c1-8-9(6-10(19-8)11(17)18)7-16-5-3-2-4-12(13,14)15/h6,16H,2-5,7H2,1H3,(H,17,18). The van der Waals surface area contributed by atoms with Gasteiger partial charge in [-0.15, -0.1) is 0 Å². The first kappa shape index (κ1) is 15.6. The van der Waals surface area contributed by atoms with Crippen LogP contribution >= 0.6 is 0 Å². The number of carboxylic acid groups (broad SMARTS) is 1. The Bertz CT molecular complexity index is 426. The average Bonchev–Trinajstić information content (AvgIpc) is 2.64. The van der Waals surface area contributed by atoms with E-state index in [1.54, 1.807) is 6.92 Å². The Hall–Kier alpha value is -1.50. The highest BCUT2D eigenvalue weighted by atomic mass is 19.4. The monoisotopic (exact) mass is 279 g/mol. The quantitative estimate of drug-likeness (QED) is 0.753. The van der Waals surface area contributed by atoms with Crippen LogP contribution in [0.2, 0.25) is 0 Å². The number of hydrogen-bond donors (Lipinski definition) is 2. The average molecular weight is 279 g/mol. The molecule has 1 aromatic rings. The number of rotatable bonds is 7. The molecule has 0 aromatic carbocycles. The second-order valence-corrected chi connectivity index (χ2v) is 4.25. The van der Waals surface area contributed by atoms with E-state index >= 15 is 0 Å². The van der Waals surface area contributed by atoms with E-state index in [9.17, 15) is 18.0 Å². The summed E-state index contributed by atoms with van der Waals surface area (Å²) in [5, 5.41) is 11.7. The maximum absolute atomic E-state index is 11.9. The van der Waals surface area contributed by atoms with Gasteiger partial charge in [0.15, 0.2) is 0 Å². The zero-order valence-corrected chi connectivity index (χ0v) is 10.5. The van der Waals surface area contributed by atoms with E-state index in [0.29, 0.717) is 30.8 Å². The normalized spacial score (nSPS) is 11.8. The van der Waals surface area contributed by atoms with Crippen molar-refractivity contribution in [1.29, 1.82) is 0 Å². The molecule has 0 unspecified atom stereocenters. The molecule has 0 aliphatic heterocycles. The number of nitrogens with one attached hydrogen (secondary N) is 1. The lowest BCUT2D eigenvalue weighted by molar-refractivity contribution is -0.135. The van der Waals surface area contributed by atoms with Crippen LogP contribution in [0.5, 0.6) is 0 Å². The molecule has 0 bridgehead atoms. The summed E-state index contributed by atoms with van der Waals surface area (Å²) in [7, 11) is 0. The number of carboxylic acids is 1. The van der Waals surface area contributed by atoms with Gasteiger partial charge in [0.25, 0.3) is 0 Å². The van der Waals surface area contributed by atoms with Crippen molar-refractivity contribution in [3.05, 3.63) is 23.2 Å². The predicted molar refractivity (Wildman–Crippen MR) is 62.0 cm³/mol. The summed E-state index contributed by atoms with van der Waals surface area (Å²) in [4.78, 5) is 10.7. The van der Waals surface area contributed by atoms with E-state index in [0.717, 1.165) is 0 Å². The second-order valence-electron chi connectivity index (χ2n) is 4.25. The SMILES string of the molecule is Cc1oc(C(=O)O)cc1CNCCCCC(F)(F)F. The van der Waals surface area contributed by atoms with E-state index in [4.69, 9.17) is 9.52 Å². The number of alkyl halides is 3. The molecule has 0 saturated carbocycles. The van der Waals surface area contributed by atoms with Crippen molar-refractivity contribution in [3.63, 3.8) is 0 Å². The van der Waals surface area contributed by atoms with Gasteiger partial charge in [-0.25, -0.2) is 4.79 Å². The number of unbranched alkanes of at least 4 members (excludes halogenated alkanes) is 1. The minimum Gasteiger partial charge on any atom is -0.475 e. The maximum Gasteiger partial charge on any atom is 0.389 e. The topological polar surface area (TPSA) is 62.5 Å². The third kappa shape index (κ3) is 5.78. The third-order valence-electron chi connectivity index (χ3n) is 2.61. The van der Waals surface area contributed by atoms with Crippen molar-refractivity contribution in [2.75, 3.05) is 6.54 Å². The van der Waals surface area contributed by atoms with Gasteiger partial charge in [-0.2, -0.15) is 13.2 Å². The molecule has 4 nitrogen and oxygen atoms in total. The van der Waals surface area contributed by atoms with Gasteiger partial charge in [0, 0.05) is 18.5 Å². The fourth-order valence-electron chi connectivity index (χ4n) is 1.60. The minimum atomic E-state index is -4.10. The molecule has 0 amide bonds. The molecule has 1 rings (SSSR count). The van der Waals surface area contributed by atoms with E-state index in [1.165, 1.54) is 6.07 Å². The van der Waals surface area contributed by atoms with Gasteiger partial charge >= 0.3 is 12.1 Å². The molecule has 0 aliphatic carbocycles. The predicted octanol–water partition coefficient (Wildman–Crippen LogP) is 3.11. The fourth-order valence-corrected chi connectivity index (χ4v) is 1.60. The molecule has 0 spiro atoms. The molecule has 1 aromatic heterocycles. The summed E-state index contributed by atoms with van der Waals surface area (Å²) in [6, 6.07) is 1.42. The van der Waals surface area contributed by atoms with E-state index in [1.807, 2.05) is 0 Å². The largest absolute Gasteiger partial charge is 0.475 e. The number of carbonyl (C=O) groups is 1. The van der Waals surface area contributed by atoms with Crippen LogP contribution in [-0.4, -0.2) is 23.8 Å². The van der Waals surface area contributed by atoms with Crippen LogP contribution in [0.4, 0.5) is 13.2 Å². The summed E-state index contributed by atoms with van der Waals surface area (Å²) < 4.78 is 40.6. The van der Waals surface area contributed by atoms with E-state index in [2.05, 4.69) is 5.32 Å². The van der Waals surface area contributed by atoms with E-state index < -0.39 is 18.6 Å². The van der Waals surface area contributed by atoms with Gasteiger partial charge < -0.3 is 14.8 Å². The number of hydrogen-bond acceptors (Lipinski definition) is 3. The zero-order valence-electron chi connectivity index (χ0n) is 10.5. The molecule has 0 fully saturated rings. The van der Waals surface area contributed by atoms with Crippen LogP contribution < -0.4 is 5.32 Å². The van der Waals surface area contributed by atoms with Crippen LogP contribution in [0.25, 0.3) is 0 Å². The molecule has 108 valence electrons. The van der Waals surface area contributed by atoms with Crippen molar-refractivity contribution in [2.24, 2.45) is 0 Å². The Morgan fingerprint density at radius 1 is 1.42 bits per heavy atom. The van der Waals surface area contributed by atoms with Crippen LogP contribution in [-0.2, 0) is 6.54 Å². The summed E-state index contributed by atoms with van der Waals surface area (Å²) >= 11 is 0. The molecule has 1 heterocycles. The molecule has 2 N–H and O–H groups in total. The Morgan fingerprint density at radius 3 is 2.63 bits per heavy atom. The van der Waals surface area contributed by atoms with Gasteiger partial charge in [-0.1, -0.05) is 0 Å². The summed E-state index contributed by atoms with van der Waals surface area (Å²) in [6.07, 6.45) is -4.37. The highest BCUT2D eigenvalue weighted by molar-refractivity contribution is 5.84. The maximum atomic E-state index is 11.9. The summed E-state index contributed by atoms with van der Waals surface area (Å²) in [6.45, 7) is 2.48. The van der Waals surface area contributed by atoms with Crippen molar-refractivity contribution in [1.82, 2.24) is 5.32 Å². The third-order valence-corrected chi connectivity index (χ3v) is 2.61. The summed E-state index contributed by atoms with van der Waals surface area (Å²) in [5.74, 6) is -0.772. The zero-order chi connectivity index (χ0) is 14.5. The smallest absolute Gasteiger partial charge is 0.389 e. The number of aromatic carboxylic acids is 1. The van der Waals surface area contributed by atoms with Crippen molar-refractivity contribution in [2.45, 2.75) is 38.9 Å². The summed E-state index contributed by atoms with van der Waals surface area (Å²) in [5.41, 5.74) is 0.702. The molecule has 0 atom stereocenters.